The zero-order valence-corrected chi connectivity index (χ0v) is 13.2. The first-order valence-electron chi connectivity index (χ1n) is 7.85. The normalized spacial score (nSPS) is 21.4. The summed E-state index contributed by atoms with van der Waals surface area (Å²) in [6, 6.07) is 7.42. The molecule has 1 aromatic carbocycles. The third-order valence-electron chi connectivity index (χ3n) is 4.36. The third-order valence-corrected chi connectivity index (χ3v) is 6.27. The molecule has 0 radical (unpaired) electrons. The van der Waals surface area contributed by atoms with Crippen molar-refractivity contribution in [1.82, 2.24) is 4.31 Å². The zero-order chi connectivity index (χ0) is 14.7. The van der Waals surface area contributed by atoms with Gasteiger partial charge in [-0.05, 0) is 37.1 Å². The zero-order valence-electron chi connectivity index (χ0n) is 12.4. The molecule has 0 atom stereocenters. The first kappa shape index (κ1) is 14.8. The van der Waals surface area contributed by atoms with E-state index in [1.54, 1.807) is 16.4 Å². The lowest BCUT2D eigenvalue weighted by atomic mass is 10.2. The second-order valence-corrected chi connectivity index (χ2v) is 7.75. The lowest BCUT2D eigenvalue weighted by Gasteiger charge is -2.28. The number of piperazine rings is 1. The maximum absolute atomic E-state index is 12.6. The van der Waals surface area contributed by atoms with Crippen LogP contribution in [0.25, 0.3) is 0 Å². The fraction of sp³-hybridized carbons (Fsp3) is 0.600. The fourth-order valence-electron chi connectivity index (χ4n) is 3.09. The molecule has 2 fully saturated rings. The summed E-state index contributed by atoms with van der Waals surface area (Å²) in [5.41, 5.74) is 1.13. The Morgan fingerprint density at radius 1 is 0.857 bits per heavy atom. The topological polar surface area (TPSA) is 57.2 Å². The number of sulfonamides is 1. The number of rotatable bonds is 3. The molecule has 2 N–H and O–H groups in total. The van der Waals surface area contributed by atoms with E-state index in [0.29, 0.717) is 18.0 Å². The van der Waals surface area contributed by atoms with Crippen molar-refractivity contribution in [2.45, 2.75) is 24.2 Å². The highest BCUT2D eigenvalue weighted by Gasteiger charge is 2.26. The summed E-state index contributed by atoms with van der Waals surface area (Å²) in [6.07, 6.45) is 3.08. The summed E-state index contributed by atoms with van der Waals surface area (Å²) in [4.78, 5) is 2.74. The van der Waals surface area contributed by atoms with E-state index in [1.807, 2.05) is 12.1 Å². The van der Waals surface area contributed by atoms with Crippen LogP contribution >= 0.6 is 0 Å². The van der Waals surface area contributed by atoms with E-state index in [-0.39, 0.29) is 0 Å². The van der Waals surface area contributed by atoms with Gasteiger partial charge in [0.1, 0.15) is 0 Å². The van der Waals surface area contributed by atoms with E-state index < -0.39 is 10.0 Å². The highest BCUT2D eigenvalue weighted by Crippen LogP contribution is 2.23. The molecule has 21 heavy (non-hydrogen) atoms. The van der Waals surface area contributed by atoms with Crippen LogP contribution in [0.1, 0.15) is 19.3 Å². The molecule has 1 aromatic rings. The van der Waals surface area contributed by atoms with Gasteiger partial charge in [0.2, 0.25) is 10.0 Å². The monoisotopic (exact) mass is 310 g/mol. The first-order valence-corrected chi connectivity index (χ1v) is 9.29. The van der Waals surface area contributed by atoms with Gasteiger partial charge < -0.3 is 10.2 Å². The Labute approximate surface area is 127 Å². The van der Waals surface area contributed by atoms with Crippen molar-refractivity contribution in [3.8, 4) is 0 Å². The van der Waals surface area contributed by atoms with Crippen molar-refractivity contribution >= 4 is 15.7 Å². The lowest BCUT2D eigenvalue weighted by Crippen LogP contribution is -2.89. The van der Waals surface area contributed by atoms with Crippen LogP contribution in [-0.4, -0.2) is 52.0 Å². The van der Waals surface area contributed by atoms with Gasteiger partial charge in [-0.15, -0.1) is 0 Å². The number of piperidine rings is 1. The second kappa shape index (κ2) is 6.34. The van der Waals surface area contributed by atoms with Gasteiger partial charge in [-0.25, -0.2) is 8.42 Å². The Balaban J connectivity index is 1.76. The summed E-state index contributed by atoms with van der Waals surface area (Å²) in [6.45, 7) is 5.58. The van der Waals surface area contributed by atoms with Crippen LogP contribution in [0.5, 0.6) is 0 Å². The molecule has 5 nitrogen and oxygen atoms in total. The van der Waals surface area contributed by atoms with E-state index in [1.165, 1.54) is 0 Å². The molecule has 2 aliphatic rings. The maximum atomic E-state index is 12.6. The van der Waals surface area contributed by atoms with E-state index in [0.717, 1.165) is 51.1 Å². The van der Waals surface area contributed by atoms with E-state index in [9.17, 15) is 8.42 Å². The first-order chi connectivity index (χ1) is 10.2. The highest BCUT2D eigenvalue weighted by atomic mass is 32.2. The highest BCUT2D eigenvalue weighted by molar-refractivity contribution is 7.89. The van der Waals surface area contributed by atoms with Crippen LogP contribution in [-0.2, 0) is 10.0 Å². The standard InChI is InChI=1S/C15H23N3O2S/c19-21(20,18-10-2-1-3-11-18)15-6-4-14(5-7-15)17-12-8-16-9-13-17/h4-7,16H,1-3,8-13H2/p+1. The molecule has 0 amide bonds. The van der Waals surface area contributed by atoms with Crippen LogP contribution in [0.4, 0.5) is 5.69 Å². The number of anilines is 1. The molecule has 116 valence electrons. The lowest BCUT2D eigenvalue weighted by molar-refractivity contribution is -0.655. The SMILES string of the molecule is O=S(=O)(c1ccc(N2CC[NH2+]CC2)cc1)N1CCCCC1. The Morgan fingerprint density at radius 3 is 2.10 bits per heavy atom. The minimum Gasteiger partial charge on any atom is -0.360 e. The minimum atomic E-state index is -3.30. The molecule has 6 heteroatoms. The average molecular weight is 310 g/mol. The minimum absolute atomic E-state index is 0.428. The molecule has 0 aromatic heterocycles. The molecule has 2 aliphatic heterocycles. The number of benzene rings is 1. The number of nitrogens with two attached hydrogens (primary N) is 1. The molecular formula is C15H24N3O2S+. The largest absolute Gasteiger partial charge is 0.360 e. The Kier molecular flexibility index (Phi) is 4.47. The van der Waals surface area contributed by atoms with Crippen LogP contribution in [0, 0.1) is 0 Å². The van der Waals surface area contributed by atoms with Crippen molar-refractivity contribution in [2.24, 2.45) is 0 Å². The Morgan fingerprint density at radius 2 is 1.48 bits per heavy atom. The third kappa shape index (κ3) is 3.22. The quantitative estimate of drug-likeness (QED) is 0.870. The van der Waals surface area contributed by atoms with Crippen molar-refractivity contribution in [1.29, 1.82) is 0 Å². The molecular weight excluding hydrogens is 286 g/mol. The predicted molar refractivity (Wildman–Crippen MR) is 82.9 cm³/mol. The van der Waals surface area contributed by atoms with Crippen molar-refractivity contribution < 1.29 is 13.7 Å². The van der Waals surface area contributed by atoms with Gasteiger partial charge in [-0.2, -0.15) is 4.31 Å². The molecule has 2 saturated heterocycles. The van der Waals surface area contributed by atoms with E-state index >= 15 is 0 Å². The smallest absolute Gasteiger partial charge is 0.243 e. The summed E-state index contributed by atoms with van der Waals surface area (Å²) in [5, 5.41) is 2.31. The van der Waals surface area contributed by atoms with Crippen molar-refractivity contribution in [3.63, 3.8) is 0 Å². The van der Waals surface area contributed by atoms with Crippen LogP contribution in [0.3, 0.4) is 0 Å². The predicted octanol–water partition coefficient (Wildman–Crippen LogP) is 0.245. The number of hydrogen-bond donors (Lipinski definition) is 1. The van der Waals surface area contributed by atoms with Gasteiger partial charge >= 0.3 is 0 Å². The Bertz CT molecular complexity index is 559. The number of nitrogens with zero attached hydrogens (tertiary/aromatic N) is 2. The van der Waals surface area contributed by atoms with Gasteiger partial charge in [-0.1, -0.05) is 6.42 Å². The molecule has 0 bridgehead atoms. The summed E-state index contributed by atoms with van der Waals surface area (Å²) in [7, 11) is -3.30. The fourth-order valence-corrected chi connectivity index (χ4v) is 4.61. The average Bonchev–Trinajstić information content (AvgIpc) is 2.57. The van der Waals surface area contributed by atoms with Crippen LogP contribution < -0.4 is 10.2 Å². The molecule has 2 heterocycles. The summed E-state index contributed by atoms with van der Waals surface area (Å²) in [5.74, 6) is 0. The van der Waals surface area contributed by atoms with Crippen molar-refractivity contribution in [2.75, 3.05) is 44.2 Å². The van der Waals surface area contributed by atoms with Crippen molar-refractivity contribution in [3.05, 3.63) is 24.3 Å². The molecule has 0 spiro atoms. The van der Waals surface area contributed by atoms with Gasteiger partial charge in [0, 0.05) is 18.8 Å². The molecule has 3 rings (SSSR count). The molecule has 0 aliphatic carbocycles. The Hall–Kier alpha value is -1.11. The second-order valence-electron chi connectivity index (χ2n) is 5.81. The maximum Gasteiger partial charge on any atom is 0.243 e. The number of quaternary nitrogens is 1. The van der Waals surface area contributed by atoms with Gasteiger partial charge in [-0.3, -0.25) is 0 Å². The van der Waals surface area contributed by atoms with Crippen LogP contribution in [0.2, 0.25) is 0 Å². The van der Waals surface area contributed by atoms with Gasteiger partial charge in [0.05, 0.1) is 31.1 Å². The van der Waals surface area contributed by atoms with Gasteiger partial charge in [0.25, 0.3) is 0 Å². The van der Waals surface area contributed by atoms with E-state index in [4.69, 9.17) is 0 Å². The molecule has 0 unspecified atom stereocenters. The molecule has 0 saturated carbocycles. The number of hydrogen-bond acceptors (Lipinski definition) is 3. The summed E-state index contributed by atoms with van der Waals surface area (Å²) >= 11 is 0. The summed E-state index contributed by atoms with van der Waals surface area (Å²) < 4.78 is 26.8. The van der Waals surface area contributed by atoms with Crippen LogP contribution in [0.15, 0.2) is 29.2 Å². The van der Waals surface area contributed by atoms with Gasteiger partial charge in [0.15, 0.2) is 0 Å². The van der Waals surface area contributed by atoms with E-state index in [2.05, 4.69) is 10.2 Å².